The molecule has 0 radical (unpaired) electrons. The number of hydrogen-bond donors (Lipinski definition) is 0. The van der Waals surface area contributed by atoms with Crippen LogP contribution < -0.4 is 4.74 Å². The van der Waals surface area contributed by atoms with E-state index in [1.165, 1.54) is 13.2 Å². The van der Waals surface area contributed by atoms with Gasteiger partial charge in [-0.15, -0.1) is 0 Å². The molecule has 0 aliphatic heterocycles. The molecular formula is C15H20O8. The Labute approximate surface area is 134 Å². The van der Waals surface area contributed by atoms with Crippen LogP contribution in [0.2, 0.25) is 0 Å². The van der Waals surface area contributed by atoms with Crippen molar-refractivity contribution in [2.75, 3.05) is 26.9 Å². The molecule has 0 aliphatic carbocycles. The van der Waals surface area contributed by atoms with E-state index >= 15 is 0 Å². The highest BCUT2D eigenvalue weighted by Crippen LogP contribution is 2.18. The minimum Gasteiger partial charge on any atom is -0.496 e. The quantitative estimate of drug-likeness (QED) is 0.280. The molecule has 0 aliphatic rings. The zero-order chi connectivity index (χ0) is 16.9. The Morgan fingerprint density at radius 3 is 2.57 bits per heavy atom. The third-order valence-electron chi connectivity index (χ3n) is 2.63. The third-order valence-corrected chi connectivity index (χ3v) is 2.63. The van der Waals surface area contributed by atoms with Gasteiger partial charge in [-0.2, -0.15) is 0 Å². The maximum atomic E-state index is 11.7. The van der Waals surface area contributed by atoms with Crippen molar-refractivity contribution in [3.63, 3.8) is 0 Å². The van der Waals surface area contributed by atoms with Crippen molar-refractivity contribution in [3.05, 3.63) is 29.8 Å². The summed E-state index contributed by atoms with van der Waals surface area (Å²) >= 11 is 0. The Morgan fingerprint density at radius 2 is 1.83 bits per heavy atom. The number of hydrogen-bond acceptors (Lipinski definition) is 8. The standard InChI is InChI=1S/C15H20O8/c1-3-4-9-19-10-11-20-15(17)22-23-21-14(16)12-7-5-6-8-13(12)18-2/h5-8H,3-4,9-11H2,1-2H3. The van der Waals surface area contributed by atoms with E-state index in [1.807, 2.05) is 6.92 Å². The van der Waals surface area contributed by atoms with Crippen LogP contribution in [0.15, 0.2) is 24.3 Å². The molecule has 0 N–H and O–H groups in total. The van der Waals surface area contributed by atoms with Crippen LogP contribution in [0.4, 0.5) is 4.79 Å². The number of carbonyl (C=O) groups excluding carboxylic acids is 2. The van der Waals surface area contributed by atoms with Crippen LogP contribution in [0, 0.1) is 0 Å². The Bertz CT molecular complexity index is 488. The van der Waals surface area contributed by atoms with Gasteiger partial charge in [0.15, 0.2) is 0 Å². The molecule has 0 bridgehead atoms. The summed E-state index contributed by atoms with van der Waals surface area (Å²) in [7, 11) is 1.41. The van der Waals surface area contributed by atoms with Crippen molar-refractivity contribution >= 4 is 12.1 Å². The fourth-order valence-corrected chi connectivity index (χ4v) is 1.49. The second-order valence-electron chi connectivity index (χ2n) is 4.29. The molecule has 0 heterocycles. The Hall–Kier alpha value is -2.32. The normalized spacial score (nSPS) is 10.0. The Balaban J connectivity index is 2.18. The SMILES string of the molecule is CCCCOCCOC(=O)OOOC(=O)c1ccccc1OC. The van der Waals surface area contributed by atoms with Crippen molar-refractivity contribution in [2.45, 2.75) is 19.8 Å². The van der Waals surface area contributed by atoms with Gasteiger partial charge in [0, 0.05) is 6.61 Å². The van der Waals surface area contributed by atoms with Crippen LogP contribution in [-0.2, 0) is 24.3 Å². The molecule has 128 valence electrons. The van der Waals surface area contributed by atoms with Gasteiger partial charge in [-0.05, 0) is 18.6 Å². The molecular weight excluding hydrogens is 308 g/mol. The summed E-state index contributed by atoms with van der Waals surface area (Å²) in [6, 6.07) is 6.35. The fraction of sp³-hybridized carbons (Fsp3) is 0.467. The Morgan fingerprint density at radius 1 is 1.04 bits per heavy atom. The van der Waals surface area contributed by atoms with Crippen molar-refractivity contribution in [1.82, 2.24) is 0 Å². The van der Waals surface area contributed by atoms with Crippen molar-refractivity contribution in [3.8, 4) is 5.75 Å². The van der Waals surface area contributed by atoms with E-state index in [9.17, 15) is 9.59 Å². The predicted molar refractivity (Wildman–Crippen MR) is 77.7 cm³/mol. The smallest absolute Gasteiger partial charge is 0.496 e. The maximum Gasteiger partial charge on any atom is 0.543 e. The highest BCUT2D eigenvalue weighted by Gasteiger charge is 2.16. The summed E-state index contributed by atoms with van der Waals surface area (Å²) in [4.78, 5) is 31.3. The summed E-state index contributed by atoms with van der Waals surface area (Å²) in [6.45, 7) is 2.89. The number of benzene rings is 1. The molecule has 0 atom stereocenters. The molecule has 1 aromatic carbocycles. The average Bonchev–Trinajstić information content (AvgIpc) is 2.57. The summed E-state index contributed by atoms with van der Waals surface area (Å²) < 4.78 is 14.8. The molecule has 0 saturated heterocycles. The first kappa shape index (κ1) is 18.7. The van der Waals surface area contributed by atoms with Crippen LogP contribution in [0.1, 0.15) is 30.1 Å². The molecule has 0 fully saturated rings. The van der Waals surface area contributed by atoms with E-state index in [1.54, 1.807) is 18.2 Å². The third kappa shape index (κ3) is 7.48. The van der Waals surface area contributed by atoms with Crippen molar-refractivity contribution < 1.29 is 38.6 Å². The van der Waals surface area contributed by atoms with Gasteiger partial charge in [-0.25, -0.2) is 14.5 Å². The van der Waals surface area contributed by atoms with Gasteiger partial charge in [-0.3, -0.25) is 4.89 Å². The van der Waals surface area contributed by atoms with Gasteiger partial charge in [0.25, 0.3) is 0 Å². The van der Waals surface area contributed by atoms with E-state index < -0.39 is 12.1 Å². The molecule has 1 aromatic rings. The van der Waals surface area contributed by atoms with Crippen LogP contribution >= 0.6 is 0 Å². The second-order valence-corrected chi connectivity index (χ2v) is 4.29. The highest BCUT2D eigenvalue weighted by molar-refractivity contribution is 5.92. The highest BCUT2D eigenvalue weighted by atomic mass is 17.5. The fourth-order valence-electron chi connectivity index (χ4n) is 1.49. The van der Waals surface area contributed by atoms with Crippen LogP contribution in [0.5, 0.6) is 5.75 Å². The van der Waals surface area contributed by atoms with Gasteiger partial charge >= 0.3 is 12.1 Å². The van der Waals surface area contributed by atoms with Gasteiger partial charge in [0.05, 0.1) is 18.8 Å². The van der Waals surface area contributed by atoms with Gasteiger partial charge in [0.1, 0.15) is 17.9 Å². The summed E-state index contributed by atoms with van der Waals surface area (Å²) in [5.41, 5.74) is 0.122. The second kappa shape index (κ2) is 11.3. The lowest BCUT2D eigenvalue weighted by Crippen LogP contribution is -2.15. The lowest BCUT2D eigenvalue weighted by Gasteiger charge is -2.06. The minimum absolute atomic E-state index is 0.00631. The molecule has 0 unspecified atom stereocenters. The molecule has 0 amide bonds. The molecule has 0 spiro atoms. The topological polar surface area (TPSA) is 89.5 Å². The largest absolute Gasteiger partial charge is 0.543 e. The lowest BCUT2D eigenvalue weighted by molar-refractivity contribution is -0.452. The number of methoxy groups -OCH3 is 1. The van der Waals surface area contributed by atoms with Gasteiger partial charge in [-0.1, -0.05) is 25.5 Å². The first-order chi connectivity index (χ1) is 11.2. The van der Waals surface area contributed by atoms with E-state index in [2.05, 4.69) is 19.6 Å². The Kier molecular flexibility index (Phi) is 9.18. The van der Waals surface area contributed by atoms with Gasteiger partial charge < -0.3 is 14.2 Å². The van der Waals surface area contributed by atoms with E-state index in [-0.39, 0.29) is 18.8 Å². The van der Waals surface area contributed by atoms with Gasteiger partial charge in [0.2, 0.25) is 0 Å². The summed E-state index contributed by atoms with van der Waals surface area (Å²) in [5, 5.41) is 4.09. The number of carbonyl (C=O) groups is 2. The first-order valence-corrected chi connectivity index (χ1v) is 7.12. The number of rotatable bonds is 10. The summed E-state index contributed by atoms with van der Waals surface area (Å²) in [6.07, 6.45) is 0.817. The van der Waals surface area contributed by atoms with E-state index in [0.717, 1.165) is 12.8 Å². The van der Waals surface area contributed by atoms with Crippen LogP contribution in [-0.4, -0.2) is 39.1 Å². The van der Waals surface area contributed by atoms with Crippen molar-refractivity contribution in [2.24, 2.45) is 0 Å². The predicted octanol–water partition coefficient (Wildman–Crippen LogP) is 2.67. The number of unbranched alkanes of at least 4 members (excludes halogenated alkanes) is 1. The van der Waals surface area contributed by atoms with E-state index in [0.29, 0.717) is 12.4 Å². The van der Waals surface area contributed by atoms with Crippen molar-refractivity contribution in [1.29, 1.82) is 0 Å². The first-order valence-electron chi connectivity index (χ1n) is 7.12. The maximum absolute atomic E-state index is 11.7. The minimum atomic E-state index is -1.14. The molecule has 23 heavy (non-hydrogen) atoms. The molecule has 8 heteroatoms. The van der Waals surface area contributed by atoms with E-state index in [4.69, 9.17) is 9.47 Å². The lowest BCUT2D eigenvalue weighted by atomic mass is 10.2. The van der Waals surface area contributed by atoms with Crippen LogP contribution in [0.3, 0.4) is 0 Å². The molecule has 1 rings (SSSR count). The summed E-state index contributed by atoms with van der Waals surface area (Å²) in [5.74, 6) is -0.578. The van der Waals surface area contributed by atoms with Crippen LogP contribution in [0.25, 0.3) is 0 Å². The number of para-hydroxylation sites is 1. The molecule has 8 nitrogen and oxygen atoms in total. The molecule has 0 saturated carbocycles. The monoisotopic (exact) mass is 328 g/mol. The zero-order valence-electron chi connectivity index (χ0n) is 13.1. The zero-order valence-corrected chi connectivity index (χ0v) is 13.1. The average molecular weight is 328 g/mol. The number of ether oxygens (including phenoxy) is 3. The molecule has 0 aromatic heterocycles.